The SMILES string of the molecule is O=C1NC=CC2CC=CCC12. The molecule has 11 heavy (non-hydrogen) atoms. The normalized spacial score (nSPS) is 34.7. The van der Waals surface area contributed by atoms with Gasteiger partial charge in [-0.2, -0.15) is 0 Å². The van der Waals surface area contributed by atoms with Gasteiger partial charge in [0.1, 0.15) is 0 Å². The third kappa shape index (κ3) is 1.09. The van der Waals surface area contributed by atoms with Gasteiger partial charge in [0, 0.05) is 12.1 Å². The van der Waals surface area contributed by atoms with E-state index in [1.807, 2.05) is 0 Å². The van der Waals surface area contributed by atoms with Crippen molar-refractivity contribution in [1.82, 2.24) is 5.32 Å². The quantitative estimate of drug-likeness (QED) is 0.515. The summed E-state index contributed by atoms with van der Waals surface area (Å²) in [6.45, 7) is 0. The number of carbonyl (C=O) groups excluding carboxylic acids is 1. The molecule has 1 aliphatic carbocycles. The first kappa shape index (κ1) is 6.65. The first-order valence-electron chi connectivity index (χ1n) is 4.00. The second-order valence-corrected chi connectivity index (χ2v) is 3.08. The summed E-state index contributed by atoms with van der Waals surface area (Å²) in [5.41, 5.74) is 0. The van der Waals surface area contributed by atoms with Gasteiger partial charge in [-0.05, 0) is 18.8 Å². The molecule has 0 radical (unpaired) electrons. The Labute approximate surface area is 66.0 Å². The lowest BCUT2D eigenvalue weighted by atomic mass is 9.81. The molecule has 0 saturated carbocycles. The molecule has 2 atom stereocenters. The molecule has 2 unspecified atom stereocenters. The average molecular weight is 149 g/mol. The molecule has 1 amide bonds. The maximum Gasteiger partial charge on any atom is 0.227 e. The first-order valence-corrected chi connectivity index (χ1v) is 4.00. The van der Waals surface area contributed by atoms with Crippen molar-refractivity contribution in [2.45, 2.75) is 12.8 Å². The predicted molar refractivity (Wildman–Crippen MR) is 42.6 cm³/mol. The molecule has 0 aromatic rings. The number of allylic oxidation sites excluding steroid dienone is 3. The molecule has 2 heteroatoms. The van der Waals surface area contributed by atoms with Crippen LogP contribution in [-0.4, -0.2) is 5.91 Å². The van der Waals surface area contributed by atoms with E-state index >= 15 is 0 Å². The molecular formula is C9H11NO. The van der Waals surface area contributed by atoms with Crippen molar-refractivity contribution in [2.24, 2.45) is 11.8 Å². The molecule has 2 rings (SSSR count). The second kappa shape index (κ2) is 2.53. The fourth-order valence-electron chi connectivity index (χ4n) is 1.71. The highest BCUT2D eigenvalue weighted by atomic mass is 16.1. The van der Waals surface area contributed by atoms with Gasteiger partial charge in [-0.3, -0.25) is 4.79 Å². The molecule has 0 saturated heterocycles. The van der Waals surface area contributed by atoms with Crippen LogP contribution in [-0.2, 0) is 4.79 Å². The van der Waals surface area contributed by atoms with E-state index in [4.69, 9.17) is 0 Å². The Morgan fingerprint density at radius 1 is 1.36 bits per heavy atom. The minimum atomic E-state index is 0.182. The van der Waals surface area contributed by atoms with Crippen molar-refractivity contribution in [3.8, 4) is 0 Å². The van der Waals surface area contributed by atoms with Crippen LogP contribution >= 0.6 is 0 Å². The van der Waals surface area contributed by atoms with Gasteiger partial charge in [-0.25, -0.2) is 0 Å². The summed E-state index contributed by atoms with van der Waals surface area (Å²) in [4.78, 5) is 11.2. The lowest BCUT2D eigenvalue weighted by Crippen LogP contribution is -2.35. The summed E-state index contributed by atoms with van der Waals surface area (Å²) >= 11 is 0. The molecule has 1 N–H and O–H groups in total. The fraction of sp³-hybridized carbons (Fsp3) is 0.444. The third-order valence-electron chi connectivity index (χ3n) is 2.39. The van der Waals surface area contributed by atoms with Gasteiger partial charge in [0.2, 0.25) is 5.91 Å². The molecule has 0 spiro atoms. The Morgan fingerprint density at radius 2 is 2.18 bits per heavy atom. The minimum Gasteiger partial charge on any atom is -0.333 e. The molecule has 1 aliphatic heterocycles. The maximum absolute atomic E-state index is 11.2. The Bertz CT molecular complexity index is 230. The Hall–Kier alpha value is -1.05. The van der Waals surface area contributed by atoms with Crippen molar-refractivity contribution < 1.29 is 4.79 Å². The van der Waals surface area contributed by atoms with Crippen LogP contribution in [0.15, 0.2) is 24.4 Å². The monoisotopic (exact) mass is 149 g/mol. The minimum absolute atomic E-state index is 0.182. The van der Waals surface area contributed by atoms with Crippen LogP contribution in [0.4, 0.5) is 0 Å². The van der Waals surface area contributed by atoms with Gasteiger partial charge < -0.3 is 5.32 Å². The topological polar surface area (TPSA) is 29.1 Å². The summed E-state index contributed by atoms with van der Waals surface area (Å²) in [6.07, 6.45) is 10.0. The van der Waals surface area contributed by atoms with E-state index in [1.54, 1.807) is 6.20 Å². The van der Waals surface area contributed by atoms with E-state index in [-0.39, 0.29) is 11.8 Å². The molecule has 2 aliphatic rings. The van der Waals surface area contributed by atoms with E-state index in [0.717, 1.165) is 12.8 Å². The van der Waals surface area contributed by atoms with Gasteiger partial charge in [0.25, 0.3) is 0 Å². The molecule has 0 aromatic heterocycles. The van der Waals surface area contributed by atoms with Crippen molar-refractivity contribution in [1.29, 1.82) is 0 Å². The van der Waals surface area contributed by atoms with Crippen LogP contribution in [0.2, 0.25) is 0 Å². The van der Waals surface area contributed by atoms with Crippen LogP contribution in [0.5, 0.6) is 0 Å². The highest BCUT2D eigenvalue weighted by Gasteiger charge is 2.28. The van der Waals surface area contributed by atoms with Gasteiger partial charge in [0.05, 0.1) is 0 Å². The highest BCUT2D eigenvalue weighted by molar-refractivity contribution is 5.81. The zero-order chi connectivity index (χ0) is 7.68. The zero-order valence-corrected chi connectivity index (χ0v) is 6.29. The number of hydrogen-bond donors (Lipinski definition) is 1. The maximum atomic E-state index is 11.2. The van der Waals surface area contributed by atoms with E-state index in [1.165, 1.54) is 0 Å². The van der Waals surface area contributed by atoms with Crippen LogP contribution in [0.3, 0.4) is 0 Å². The first-order chi connectivity index (χ1) is 5.38. The van der Waals surface area contributed by atoms with E-state index < -0.39 is 0 Å². The summed E-state index contributed by atoms with van der Waals surface area (Å²) in [5.74, 6) is 0.834. The van der Waals surface area contributed by atoms with E-state index in [0.29, 0.717) is 5.92 Å². The Kier molecular flexibility index (Phi) is 1.53. The molecule has 2 nitrogen and oxygen atoms in total. The number of carbonyl (C=O) groups is 1. The largest absolute Gasteiger partial charge is 0.333 e. The zero-order valence-electron chi connectivity index (χ0n) is 6.29. The number of nitrogens with one attached hydrogen (secondary N) is 1. The van der Waals surface area contributed by atoms with Crippen molar-refractivity contribution in [3.05, 3.63) is 24.4 Å². The third-order valence-corrected chi connectivity index (χ3v) is 2.39. The van der Waals surface area contributed by atoms with Gasteiger partial charge in [0.15, 0.2) is 0 Å². The molecule has 0 bridgehead atoms. The lowest BCUT2D eigenvalue weighted by Gasteiger charge is -2.27. The van der Waals surface area contributed by atoms with Gasteiger partial charge >= 0.3 is 0 Å². The van der Waals surface area contributed by atoms with Crippen LogP contribution in [0.1, 0.15) is 12.8 Å². The van der Waals surface area contributed by atoms with Crippen molar-refractivity contribution in [3.63, 3.8) is 0 Å². The number of amides is 1. The predicted octanol–water partition coefficient (Wildman–Crippen LogP) is 1.21. The number of hydrogen-bond acceptors (Lipinski definition) is 1. The standard InChI is InChI=1S/C9H11NO/c11-9-8-4-2-1-3-7(8)5-6-10-9/h1-2,5-8H,3-4H2,(H,10,11). The molecule has 0 fully saturated rings. The molecule has 1 heterocycles. The van der Waals surface area contributed by atoms with Gasteiger partial charge in [-0.1, -0.05) is 18.2 Å². The fourth-order valence-corrected chi connectivity index (χ4v) is 1.71. The Morgan fingerprint density at radius 3 is 3.00 bits per heavy atom. The summed E-state index contributed by atoms with van der Waals surface area (Å²) in [5, 5.41) is 2.73. The van der Waals surface area contributed by atoms with E-state index in [9.17, 15) is 4.79 Å². The summed E-state index contributed by atoms with van der Waals surface area (Å²) in [6, 6.07) is 0. The highest BCUT2D eigenvalue weighted by Crippen LogP contribution is 2.28. The van der Waals surface area contributed by atoms with Crippen molar-refractivity contribution >= 4 is 5.91 Å². The number of rotatable bonds is 0. The molecular weight excluding hydrogens is 138 g/mol. The summed E-state index contributed by atoms with van der Waals surface area (Å²) < 4.78 is 0. The lowest BCUT2D eigenvalue weighted by molar-refractivity contribution is -0.125. The number of fused-ring (bicyclic) bond motifs is 1. The van der Waals surface area contributed by atoms with Crippen LogP contribution < -0.4 is 5.32 Å². The summed E-state index contributed by atoms with van der Waals surface area (Å²) in [7, 11) is 0. The molecule has 0 aromatic carbocycles. The Balaban J connectivity index is 2.23. The van der Waals surface area contributed by atoms with E-state index in [2.05, 4.69) is 23.5 Å². The second-order valence-electron chi connectivity index (χ2n) is 3.08. The van der Waals surface area contributed by atoms with Crippen LogP contribution in [0, 0.1) is 11.8 Å². The molecule has 58 valence electrons. The van der Waals surface area contributed by atoms with Crippen molar-refractivity contribution in [2.75, 3.05) is 0 Å². The smallest absolute Gasteiger partial charge is 0.227 e. The van der Waals surface area contributed by atoms with Crippen LogP contribution in [0.25, 0.3) is 0 Å². The van der Waals surface area contributed by atoms with Gasteiger partial charge in [-0.15, -0.1) is 0 Å². The average Bonchev–Trinajstić information content (AvgIpc) is 2.06.